The maximum atomic E-state index is 14.1. The molecule has 0 fully saturated rings. The molecule has 3 aromatic rings. The minimum atomic E-state index is -0.426. The van der Waals surface area contributed by atoms with Crippen LogP contribution in [-0.4, -0.2) is 16.7 Å². The summed E-state index contributed by atoms with van der Waals surface area (Å²) in [4.78, 5) is 3.04. The molecule has 0 aliphatic carbocycles. The van der Waals surface area contributed by atoms with E-state index in [2.05, 4.69) is 4.98 Å². The molecule has 6 heteroatoms. The number of methoxy groups -OCH3 is 1. The summed E-state index contributed by atoms with van der Waals surface area (Å²) in [6.45, 7) is 0. The van der Waals surface area contributed by atoms with Crippen LogP contribution in [0.3, 0.4) is 0 Å². The first-order valence-corrected chi connectivity index (χ1v) is 6.63. The number of fused-ring (bicyclic) bond motifs is 1. The van der Waals surface area contributed by atoms with Crippen molar-refractivity contribution in [3.05, 3.63) is 52.0 Å². The topological polar surface area (TPSA) is 29.9 Å². The summed E-state index contributed by atoms with van der Waals surface area (Å²) < 4.78 is 21.3. The number of ether oxygens (including phenoxy) is 1. The van der Waals surface area contributed by atoms with E-state index in [0.717, 1.165) is 11.0 Å². The lowest BCUT2D eigenvalue weighted by Crippen LogP contribution is -1.97. The largest absolute Gasteiger partial charge is 0.497 e. The normalized spacial score (nSPS) is 10.9. The first-order chi connectivity index (χ1) is 9.60. The van der Waals surface area contributed by atoms with Crippen molar-refractivity contribution in [2.75, 3.05) is 7.11 Å². The minimum Gasteiger partial charge on any atom is -0.497 e. The molecule has 0 bridgehead atoms. The van der Waals surface area contributed by atoms with Gasteiger partial charge in [-0.3, -0.25) is 4.57 Å². The number of halogens is 2. The maximum absolute atomic E-state index is 14.1. The third-order valence-electron chi connectivity index (χ3n) is 3.04. The second kappa shape index (κ2) is 4.92. The molecule has 3 nitrogen and oxygen atoms in total. The first kappa shape index (κ1) is 13.1. The fourth-order valence-corrected chi connectivity index (χ4v) is 2.58. The fourth-order valence-electron chi connectivity index (χ4n) is 2.12. The second-order valence-corrected chi connectivity index (χ2v) is 5.07. The summed E-state index contributed by atoms with van der Waals surface area (Å²) >= 11 is 11.1. The number of rotatable bonds is 2. The molecule has 0 spiro atoms. The smallest absolute Gasteiger partial charge is 0.182 e. The molecule has 0 aliphatic rings. The van der Waals surface area contributed by atoms with Crippen LogP contribution in [0.15, 0.2) is 36.4 Å². The Morgan fingerprint density at radius 1 is 1.25 bits per heavy atom. The number of nitrogens with zero attached hydrogens (tertiary/aromatic N) is 1. The second-order valence-electron chi connectivity index (χ2n) is 4.24. The summed E-state index contributed by atoms with van der Waals surface area (Å²) in [5, 5.41) is 0.347. The van der Waals surface area contributed by atoms with E-state index in [1.165, 1.54) is 6.07 Å². The maximum Gasteiger partial charge on any atom is 0.182 e. The quantitative estimate of drug-likeness (QED) is 0.707. The molecule has 1 heterocycles. The fraction of sp³-hybridized carbons (Fsp3) is 0.0714. The highest BCUT2D eigenvalue weighted by atomic mass is 35.5. The highest BCUT2D eigenvalue weighted by Gasteiger charge is 2.11. The highest BCUT2D eigenvalue weighted by Crippen LogP contribution is 2.26. The number of H-pyrrole nitrogens is 1. The molecule has 2 aromatic carbocycles. The van der Waals surface area contributed by atoms with Crippen molar-refractivity contribution in [3.8, 4) is 11.4 Å². The Hall–Kier alpha value is -1.85. The van der Waals surface area contributed by atoms with Crippen molar-refractivity contribution in [1.29, 1.82) is 0 Å². The zero-order valence-corrected chi connectivity index (χ0v) is 12.1. The van der Waals surface area contributed by atoms with Crippen LogP contribution in [0.2, 0.25) is 5.02 Å². The molecule has 0 atom stereocenters. The van der Waals surface area contributed by atoms with Gasteiger partial charge in [-0.1, -0.05) is 11.6 Å². The van der Waals surface area contributed by atoms with E-state index in [4.69, 9.17) is 28.6 Å². The SMILES string of the molecule is COc1ccc2c(c1)[nH]c(=S)n2-c1ccc(Cl)cc1F. The lowest BCUT2D eigenvalue weighted by molar-refractivity contribution is 0.415. The number of imidazole rings is 1. The van der Waals surface area contributed by atoms with Gasteiger partial charge in [-0.2, -0.15) is 0 Å². The van der Waals surface area contributed by atoms with Crippen molar-refractivity contribution < 1.29 is 9.13 Å². The third-order valence-corrected chi connectivity index (χ3v) is 3.56. The molecule has 0 radical (unpaired) electrons. The molecule has 3 rings (SSSR count). The molecular formula is C14H10ClFN2OS. The van der Waals surface area contributed by atoms with E-state index < -0.39 is 5.82 Å². The molecule has 0 unspecified atom stereocenters. The number of nitrogens with one attached hydrogen (secondary N) is 1. The van der Waals surface area contributed by atoms with Gasteiger partial charge in [-0.25, -0.2) is 4.39 Å². The van der Waals surface area contributed by atoms with Crippen molar-refractivity contribution in [3.63, 3.8) is 0 Å². The van der Waals surface area contributed by atoms with Gasteiger partial charge >= 0.3 is 0 Å². The highest BCUT2D eigenvalue weighted by molar-refractivity contribution is 7.71. The Morgan fingerprint density at radius 3 is 2.75 bits per heavy atom. The lowest BCUT2D eigenvalue weighted by Gasteiger charge is -2.07. The predicted octanol–water partition coefficient (Wildman–Crippen LogP) is 4.49. The summed E-state index contributed by atoms with van der Waals surface area (Å²) in [6, 6.07) is 9.94. The van der Waals surface area contributed by atoms with E-state index in [-0.39, 0.29) is 0 Å². The lowest BCUT2D eigenvalue weighted by atomic mass is 10.2. The zero-order valence-electron chi connectivity index (χ0n) is 10.5. The Morgan fingerprint density at radius 2 is 2.05 bits per heavy atom. The van der Waals surface area contributed by atoms with Crippen LogP contribution in [0.5, 0.6) is 5.75 Å². The van der Waals surface area contributed by atoms with Crippen LogP contribution in [0.1, 0.15) is 0 Å². The van der Waals surface area contributed by atoms with Gasteiger partial charge < -0.3 is 9.72 Å². The molecule has 1 N–H and O–H groups in total. The molecule has 102 valence electrons. The Kier molecular flexibility index (Phi) is 3.23. The van der Waals surface area contributed by atoms with Crippen molar-refractivity contribution in [1.82, 2.24) is 9.55 Å². The molecule has 0 saturated heterocycles. The van der Waals surface area contributed by atoms with Crippen LogP contribution in [0, 0.1) is 10.6 Å². The van der Waals surface area contributed by atoms with Crippen molar-refractivity contribution in [2.24, 2.45) is 0 Å². The number of aromatic amines is 1. The van der Waals surface area contributed by atoms with Gasteiger partial charge in [0.1, 0.15) is 11.6 Å². The average molecular weight is 309 g/mol. The van der Waals surface area contributed by atoms with Crippen molar-refractivity contribution in [2.45, 2.75) is 0 Å². The van der Waals surface area contributed by atoms with Gasteiger partial charge in [0.15, 0.2) is 4.77 Å². The van der Waals surface area contributed by atoms with Crippen LogP contribution in [-0.2, 0) is 0 Å². The summed E-state index contributed by atoms with van der Waals surface area (Å²) in [5.41, 5.74) is 1.91. The van der Waals surface area contributed by atoms with Gasteiger partial charge in [0, 0.05) is 11.1 Å². The van der Waals surface area contributed by atoms with Gasteiger partial charge in [0.2, 0.25) is 0 Å². The van der Waals surface area contributed by atoms with Crippen LogP contribution in [0.4, 0.5) is 4.39 Å². The number of hydrogen-bond acceptors (Lipinski definition) is 2. The van der Waals surface area contributed by atoms with Gasteiger partial charge in [-0.05, 0) is 42.5 Å². The standard InChI is InChI=1S/C14H10ClFN2OS/c1-19-9-3-5-13-11(7-9)17-14(20)18(13)12-4-2-8(15)6-10(12)16/h2-7H,1H3,(H,17,20). The number of hydrogen-bond donors (Lipinski definition) is 1. The molecule has 0 saturated carbocycles. The van der Waals surface area contributed by atoms with Gasteiger partial charge in [0.05, 0.1) is 23.8 Å². The van der Waals surface area contributed by atoms with Crippen LogP contribution >= 0.6 is 23.8 Å². The zero-order chi connectivity index (χ0) is 14.3. The van der Waals surface area contributed by atoms with Crippen molar-refractivity contribution >= 4 is 34.9 Å². The first-order valence-electron chi connectivity index (χ1n) is 5.84. The van der Waals surface area contributed by atoms with E-state index in [1.54, 1.807) is 29.9 Å². The Balaban J connectivity index is 2.31. The molecule has 0 amide bonds. The number of aromatic nitrogens is 2. The van der Waals surface area contributed by atoms with E-state index in [9.17, 15) is 4.39 Å². The van der Waals surface area contributed by atoms with Crippen LogP contribution < -0.4 is 4.74 Å². The monoisotopic (exact) mass is 308 g/mol. The molecule has 20 heavy (non-hydrogen) atoms. The summed E-state index contributed by atoms with van der Waals surface area (Å²) in [6.07, 6.45) is 0. The Bertz CT molecular complexity index is 856. The predicted molar refractivity (Wildman–Crippen MR) is 80.0 cm³/mol. The average Bonchev–Trinajstić information content (AvgIpc) is 2.74. The minimum absolute atomic E-state index is 0.347. The third kappa shape index (κ3) is 2.09. The van der Waals surface area contributed by atoms with Crippen LogP contribution in [0.25, 0.3) is 16.7 Å². The van der Waals surface area contributed by atoms with E-state index in [0.29, 0.717) is 21.2 Å². The molecular weight excluding hydrogens is 299 g/mol. The van der Waals surface area contributed by atoms with Gasteiger partial charge in [-0.15, -0.1) is 0 Å². The van der Waals surface area contributed by atoms with Gasteiger partial charge in [0.25, 0.3) is 0 Å². The van der Waals surface area contributed by atoms with E-state index in [1.807, 2.05) is 12.1 Å². The summed E-state index contributed by atoms with van der Waals surface area (Å²) in [5.74, 6) is 0.280. The molecule has 0 aliphatic heterocycles. The van der Waals surface area contributed by atoms with E-state index >= 15 is 0 Å². The Labute approximate surface area is 124 Å². The molecule has 1 aromatic heterocycles. The number of benzene rings is 2. The summed E-state index contributed by atoms with van der Waals surface area (Å²) in [7, 11) is 1.59.